The zero-order valence-electron chi connectivity index (χ0n) is 11.0. The van der Waals surface area contributed by atoms with E-state index in [1.807, 2.05) is 0 Å². The summed E-state index contributed by atoms with van der Waals surface area (Å²) in [5.41, 5.74) is 2.84. The lowest BCUT2D eigenvalue weighted by Crippen LogP contribution is -2.25. The normalized spacial score (nSPS) is 22.2. The number of hydrogen-bond acceptors (Lipinski definition) is 3. The Morgan fingerprint density at radius 1 is 1.17 bits per heavy atom. The predicted octanol–water partition coefficient (Wildman–Crippen LogP) is 2.83. The second-order valence-corrected chi connectivity index (χ2v) is 5.05. The average Bonchev–Trinajstić information content (AvgIpc) is 2.62. The molecular formula is C15H21NO2. The molecule has 0 radical (unpaired) electrons. The highest BCUT2D eigenvalue weighted by Crippen LogP contribution is 2.39. The second-order valence-electron chi connectivity index (χ2n) is 5.05. The largest absolute Gasteiger partial charge is 0.490 e. The van der Waals surface area contributed by atoms with Crippen molar-refractivity contribution in [1.29, 1.82) is 0 Å². The lowest BCUT2D eigenvalue weighted by molar-refractivity contribution is 0.297. The Kier molecular flexibility index (Phi) is 3.41. The summed E-state index contributed by atoms with van der Waals surface area (Å²) in [4.78, 5) is 0. The second kappa shape index (κ2) is 5.19. The van der Waals surface area contributed by atoms with Crippen molar-refractivity contribution in [1.82, 2.24) is 5.32 Å². The van der Waals surface area contributed by atoms with E-state index in [-0.39, 0.29) is 0 Å². The molecule has 0 aromatic heterocycles. The van der Waals surface area contributed by atoms with Crippen molar-refractivity contribution >= 4 is 0 Å². The summed E-state index contributed by atoms with van der Waals surface area (Å²) in [7, 11) is 0. The van der Waals surface area contributed by atoms with Gasteiger partial charge in [-0.1, -0.05) is 6.92 Å². The molecule has 1 aliphatic heterocycles. The van der Waals surface area contributed by atoms with E-state index in [2.05, 4.69) is 24.4 Å². The van der Waals surface area contributed by atoms with Gasteiger partial charge in [-0.3, -0.25) is 0 Å². The highest BCUT2D eigenvalue weighted by atomic mass is 16.5. The molecule has 1 aliphatic carbocycles. The van der Waals surface area contributed by atoms with Gasteiger partial charge in [0.15, 0.2) is 11.5 Å². The van der Waals surface area contributed by atoms with E-state index in [0.717, 1.165) is 44.1 Å². The van der Waals surface area contributed by atoms with Gasteiger partial charge in [-0.05, 0) is 49.1 Å². The Labute approximate surface area is 108 Å². The van der Waals surface area contributed by atoms with Gasteiger partial charge in [0.25, 0.3) is 0 Å². The van der Waals surface area contributed by atoms with E-state index in [1.165, 1.54) is 24.0 Å². The molecule has 0 bridgehead atoms. The summed E-state index contributed by atoms with van der Waals surface area (Å²) >= 11 is 0. The van der Waals surface area contributed by atoms with Crippen molar-refractivity contribution in [2.45, 2.75) is 38.6 Å². The van der Waals surface area contributed by atoms with Crippen LogP contribution in [0.1, 0.15) is 43.4 Å². The summed E-state index contributed by atoms with van der Waals surface area (Å²) in [5, 5.41) is 3.57. The van der Waals surface area contributed by atoms with Gasteiger partial charge in [-0.25, -0.2) is 0 Å². The molecule has 3 nitrogen and oxygen atoms in total. The van der Waals surface area contributed by atoms with E-state index >= 15 is 0 Å². The van der Waals surface area contributed by atoms with Crippen LogP contribution in [-0.2, 0) is 6.42 Å². The zero-order chi connectivity index (χ0) is 12.4. The maximum atomic E-state index is 5.79. The van der Waals surface area contributed by atoms with Crippen LogP contribution in [0.15, 0.2) is 12.1 Å². The molecular weight excluding hydrogens is 226 g/mol. The van der Waals surface area contributed by atoms with Crippen molar-refractivity contribution in [2.24, 2.45) is 0 Å². The zero-order valence-corrected chi connectivity index (χ0v) is 11.0. The molecule has 0 spiro atoms. The van der Waals surface area contributed by atoms with Crippen molar-refractivity contribution in [3.63, 3.8) is 0 Å². The fraction of sp³-hybridized carbons (Fsp3) is 0.600. The van der Waals surface area contributed by atoms with Gasteiger partial charge in [0.2, 0.25) is 0 Å². The van der Waals surface area contributed by atoms with Crippen LogP contribution in [0.2, 0.25) is 0 Å². The molecule has 1 heterocycles. The van der Waals surface area contributed by atoms with Crippen molar-refractivity contribution in [3.8, 4) is 11.5 Å². The number of hydrogen-bond donors (Lipinski definition) is 1. The van der Waals surface area contributed by atoms with Gasteiger partial charge in [-0.15, -0.1) is 0 Å². The summed E-state index contributed by atoms with van der Waals surface area (Å²) in [6.45, 7) is 4.70. The first-order chi connectivity index (χ1) is 8.88. The number of fused-ring (bicyclic) bond motifs is 2. The Morgan fingerprint density at radius 2 is 1.94 bits per heavy atom. The quantitative estimate of drug-likeness (QED) is 0.871. The van der Waals surface area contributed by atoms with Gasteiger partial charge in [0, 0.05) is 12.5 Å². The van der Waals surface area contributed by atoms with Crippen molar-refractivity contribution < 1.29 is 9.47 Å². The first kappa shape index (κ1) is 11.8. The average molecular weight is 247 g/mol. The number of benzene rings is 1. The van der Waals surface area contributed by atoms with Gasteiger partial charge < -0.3 is 14.8 Å². The van der Waals surface area contributed by atoms with Crippen LogP contribution in [-0.4, -0.2) is 19.8 Å². The molecule has 1 aromatic rings. The highest BCUT2D eigenvalue weighted by Gasteiger charge is 2.23. The summed E-state index contributed by atoms with van der Waals surface area (Å²) in [6.07, 6.45) is 4.61. The molecule has 98 valence electrons. The number of aryl methyl sites for hydroxylation is 1. The fourth-order valence-corrected chi connectivity index (χ4v) is 2.92. The molecule has 1 aromatic carbocycles. The number of nitrogens with one attached hydrogen (secondary N) is 1. The summed E-state index contributed by atoms with van der Waals surface area (Å²) in [6, 6.07) is 4.87. The lowest BCUT2D eigenvalue weighted by Gasteiger charge is -2.27. The van der Waals surface area contributed by atoms with E-state index in [4.69, 9.17) is 9.47 Å². The minimum absolute atomic E-state index is 0.482. The molecule has 3 rings (SSSR count). The SMILES string of the molecule is CCNC1CCCc2cc3c(cc21)OCCCO3. The molecule has 0 amide bonds. The maximum absolute atomic E-state index is 5.79. The van der Waals surface area contributed by atoms with Gasteiger partial charge in [-0.2, -0.15) is 0 Å². The Balaban J connectivity index is 1.97. The molecule has 1 atom stereocenters. The minimum Gasteiger partial charge on any atom is -0.490 e. The highest BCUT2D eigenvalue weighted by molar-refractivity contribution is 5.49. The van der Waals surface area contributed by atoms with E-state index < -0.39 is 0 Å². The third-order valence-electron chi connectivity index (χ3n) is 3.77. The Morgan fingerprint density at radius 3 is 2.72 bits per heavy atom. The van der Waals surface area contributed by atoms with Crippen LogP contribution in [0.5, 0.6) is 11.5 Å². The van der Waals surface area contributed by atoms with Crippen LogP contribution >= 0.6 is 0 Å². The molecule has 0 saturated heterocycles. The van der Waals surface area contributed by atoms with Crippen molar-refractivity contribution in [2.75, 3.05) is 19.8 Å². The van der Waals surface area contributed by atoms with E-state index in [1.54, 1.807) is 0 Å². The molecule has 1 N–H and O–H groups in total. The topological polar surface area (TPSA) is 30.5 Å². The predicted molar refractivity (Wildman–Crippen MR) is 71.4 cm³/mol. The molecule has 2 aliphatic rings. The summed E-state index contributed by atoms with van der Waals surface area (Å²) < 4.78 is 11.6. The molecule has 0 saturated carbocycles. The van der Waals surface area contributed by atoms with Crippen LogP contribution < -0.4 is 14.8 Å². The monoisotopic (exact) mass is 247 g/mol. The minimum atomic E-state index is 0.482. The Hall–Kier alpha value is -1.22. The van der Waals surface area contributed by atoms with Gasteiger partial charge in [0.05, 0.1) is 13.2 Å². The van der Waals surface area contributed by atoms with E-state index in [9.17, 15) is 0 Å². The molecule has 1 unspecified atom stereocenters. The third kappa shape index (κ3) is 2.19. The van der Waals surface area contributed by atoms with Gasteiger partial charge >= 0.3 is 0 Å². The lowest BCUT2D eigenvalue weighted by atomic mass is 9.87. The van der Waals surface area contributed by atoms with Gasteiger partial charge in [0.1, 0.15) is 0 Å². The first-order valence-electron chi connectivity index (χ1n) is 7.04. The fourth-order valence-electron chi connectivity index (χ4n) is 2.92. The van der Waals surface area contributed by atoms with Crippen molar-refractivity contribution in [3.05, 3.63) is 23.3 Å². The number of rotatable bonds is 2. The van der Waals surface area contributed by atoms with Crippen LogP contribution in [0.4, 0.5) is 0 Å². The Bertz CT molecular complexity index is 431. The summed E-state index contributed by atoms with van der Waals surface area (Å²) in [5.74, 6) is 1.86. The smallest absolute Gasteiger partial charge is 0.161 e. The van der Waals surface area contributed by atoms with Crippen LogP contribution in [0.3, 0.4) is 0 Å². The standard InChI is InChI=1S/C15H21NO2/c1-2-16-13-6-3-5-11-9-14-15(10-12(11)13)18-8-4-7-17-14/h9-10,13,16H,2-8H2,1H3. The van der Waals surface area contributed by atoms with E-state index in [0.29, 0.717) is 6.04 Å². The maximum Gasteiger partial charge on any atom is 0.161 e. The molecule has 3 heteroatoms. The molecule has 18 heavy (non-hydrogen) atoms. The van der Waals surface area contributed by atoms with Crippen LogP contribution in [0.25, 0.3) is 0 Å². The van der Waals surface area contributed by atoms with Crippen LogP contribution in [0, 0.1) is 0 Å². The number of ether oxygens (including phenoxy) is 2. The molecule has 0 fully saturated rings. The first-order valence-corrected chi connectivity index (χ1v) is 7.04. The third-order valence-corrected chi connectivity index (χ3v) is 3.77.